The quantitative estimate of drug-likeness (QED) is 0.255. The third-order valence-corrected chi connectivity index (χ3v) is 13.6. The third-order valence-electron chi connectivity index (χ3n) is 5.91. The Morgan fingerprint density at radius 2 is 1.35 bits per heavy atom. The minimum Gasteiger partial charge on any atom is -0.264 e. The standard InChI is InChI=1S/C26H31NO2S5/c1-14(2)13-27-15-9-16(17-10-18-19(30-17)11-21(31-18)25(3,4)5)32-23(15)24-20(34(27,28)29)12-22(33-24)26(6,7)8/h9-12,14H,13H2,1-8H3. The zero-order chi connectivity index (χ0) is 24.8. The molecule has 0 N–H and O–H groups in total. The van der Waals surface area contributed by atoms with Gasteiger partial charge in [-0.1, -0.05) is 55.4 Å². The number of hydrogen-bond donors (Lipinski definition) is 0. The highest BCUT2D eigenvalue weighted by Gasteiger charge is 2.40. The Morgan fingerprint density at radius 3 is 1.94 bits per heavy atom. The van der Waals surface area contributed by atoms with E-state index in [4.69, 9.17) is 0 Å². The highest BCUT2D eigenvalue weighted by atomic mass is 32.2. The molecule has 4 aromatic heterocycles. The Hall–Kier alpha value is -1.19. The molecule has 0 amide bonds. The Bertz CT molecular complexity index is 1470. The van der Waals surface area contributed by atoms with E-state index in [1.165, 1.54) is 19.2 Å². The molecule has 0 fully saturated rings. The van der Waals surface area contributed by atoms with Gasteiger partial charge in [-0.05, 0) is 41.0 Å². The van der Waals surface area contributed by atoms with E-state index in [0.29, 0.717) is 11.4 Å². The molecule has 8 heteroatoms. The summed E-state index contributed by atoms with van der Waals surface area (Å²) in [6.07, 6.45) is 0. The van der Waals surface area contributed by atoms with Gasteiger partial charge in [-0.15, -0.1) is 45.3 Å². The largest absolute Gasteiger partial charge is 0.265 e. The zero-order valence-corrected chi connectivity index (χ0v) is 25.0. The molecule has 1 aliphatic rings. The summed E-state index contributed by atoms with van der Waals surface area (Å²) in [4.78, 5) is 7.36. The van der Waals surface area contributed by atoms with Gasteiger partial charge in [0.15, 0.2) is 0 Å². The molecule has 0 bridgehead atoms. The van der Waals surface area contributed by atoms with Crippen LogP contribution in [0.3, 0.4) is 0 Å². The zero-order valence-electron chi connectivity index (χ0n) is 20.9. The van der Waals surface area contributed by atoms with Crippen molar-refractivity contribution >= 4 is 70.5 Å². The summed E-state index contributed by atoms with van der Waals surface area (Å²) >= 11 is 7.05. The van der Waals surface area contributed by atoms with Gasteiger partial charge in [0, 0.05) is 35.5 Å². The van der Waals surface area contributed by atoms with Gasteiger partial charge in [-0.25, -0.2) is 8.42 Å². The van der Waals surface area contributed by atoms with Crippen molar-refractivity contribution in [2.24, 2.45) is 5.92 Å². The van der Waals surface area contributed by atoms with Crippen molar-refractivity contribution in [2.75, 3.05) is 10.8 Å². The van der Waals surface area contributed by atoms with Gasteiger partial charge in [0.2, 0.25) is 0 Å². The van der Waals surface area contributed by atoms with Crippen molar-refractivity contribution in [3.63, 3.8) is 0 Å². The summed E-state index contributed by atoms with van der Waals surface area (Å²) in [6, 6.07) is 8.64. The maximum atomic E-state index is 13.8. The summed E-state index contributed by atoms with van der Waals surface area (Å²) in [6.45, 7) is 17.8. The van der Waals surface area contributed by atoms with Crippen molar-refractivity contribution in [3.05, 3.63) is 34.0 Å². The van der Waals surface area contributed by atoms with Gasteiger partial charge < -0.3 is 0 Å². The first-order valence-corrected chi connectivity index (χ1v) is 16.2. The van der Waals surface area contributed by atoms with E-state index >= 15 is 0 Å². The van der Waals surface area contributed by atoms with E-state index in [9.17, 15) is 8.42 Å². The highest BCUT2D eigenvalue weighted by molar-refractivity contribution is 7.93. The van der Waals surface area contributed by atoms with Gasteiger partial charge in [-0.3, -0.25) is 4.31 Å². The van der Waals surface area contributed by atoms with E-state index in [1.807, 2.05) is 28.7 Å². The van der Waals surface area contributed by atoms with Crippen molar-refractivity contribution < 1.29 is 8.42 Å². The number of hydrogen-bond acceptors (Lipinski definition) is 6. The molecule has 34 heavy (non-hydrogen) atoms. The lowest BCUT2D eigenvalue weighted by Crippen LogP contribution is -2.36. The topological polar surface area (TPSA) is 37.4 Å². The average Bonchev–Trinajstić information content (AvgIpc) is 3.42. The fourth-order valence-electron chi connectivity index (χ4n) is 4.05. The molecule has 1 aliphatic heterocycles. The van der Waals surface area contributed by atoms with Gasteiger partial charge in [0.25, 0.3) is 10.0 Å². The first kappa shape index (κ1) is 24.5. The fourth-order valence-corrected chi connectivity index (χ4v) is 11.4. The number of nitrogens with zero attached hydrogens (tertiary/aromatic N) is 1. The predicted molar refractivity (Wildman–Crippen MR) is 153 cm³/mol. The molecule has 182 valence electrons. The van der Waals surface area contributed by atoms with E-state index < -0.39 is 10.0 Å². The molecule has 0 saturated carbocycles. The number of sulfonamides is 1. The molecule has 0 aromatic carbocycles. The summed E-state index contributed by atoms with van der Waals surface area (Å²) in [5.41, 5.74) is 0.900. The van der Waals surface area contributed by atoms with Crippen molar-refractivity contribution in [3.8, 4) is 19.5 Å². The molecule has 5 heterocycles. The fraction of sp³-hybridized carbons (Fsp3) is 0.462. The lowest BCUT2D eigenvalue weighted by molar-refractivity contribution is 0.576. The Morgan fingerprint density at radius 1 is 0.765 bits per heavy atom. The van der Waals surface area contributed by atoms with Crippen LogP contribution in [0.1, 0.15) is 65.1 Å². The van der Waals surface area contributed by atoms with Crippen LogP contribution in [0.4, 0.5) is 5.69 Å². The molecular weight excluding hydrogens is 519 g/mol. The molecule has 0 radical (unpaired) electrons. The summed E-state index contributed by atoms with van der Waals surface area (Å²) in [5.74, 6) is 0.233. The van der Waals surface area contributed by atoms with Crippen LogP contribution in [0.2, 0.25) is 0 Å². The molecule has 4 aromatic rings. The number of fused-ring (bicyclic) bond motifs is 4. The molecule has 0 aliphatic carbocycles. The molecule has 5 rings (SSSR count). The lowest BCUT2D eigenvalue weighted by Gasteiger charge is -2.29. The van der Waals surface area contributed by atoms with Gasteiger partial charge in [0.05, 0.1) is 15.4 Å². The van der Waals surface area contributed by atoms with E-state index in [2.05, 4.69) is 73.6 Å². The molecule has 0 saturated heterocycles. The van der Waals surface area contributed by atoms with E-state index in [1.54, 1.807) is 27.0 Å². The molecule has 0 atom stereocenters. The van der Waals surface area contributed by atoms with Gasteiger partial charge >= 0.3 is 0 Å². The number of rotatable bonds is 3. The number of thiophene rings is 4. The van der Waals surface area contributed by atoms with Gasteiger partial charge in [0.1, 0.15) is 4.90 Å². The minimum absolute atomic E-state index is 0.0937. The second-order valence-electron chi connectivity index (χ2n) is 11.5. The van der Waals surface area contributed by atoms with Crippen LogP contribution in [0, 0.1) is 5.92 Å². The van der Waals surface area contributed by atoms with Crippen molar-refractivity contribution in [1.82, 2.24) is 0 Å². The van der Waals surface area contributed by atoms with Crippen LogP contribution >= 0.6 is 45.3 Å². The van der Waals surface area contributed by atoms with Crippen LogP contribution in [0.25, 0.3) is 28.9 Å². The van der Waals surface area contributed by atoms with E-state index in [0.717, 1.165) is 25.2 Å². The summed E-state index contributed by atoms with van der Waals surface area (Å²) < 4.78 is 31.8. The smallest absolute Gasteiger partial charge is 0.264 e. The molecule has 0 unspecified atom stereocenters. The minimum atomic E-state index is -3.58. The normalized spacial score (nSPS) is 15.9. The van der Waals surface area contributed by atoms with Gasteiger partial charge in [-0.2, -0.15) is 0 Å². The highest BCUT2D eigenvalue weighted by Crippen LogP contribution is 2.55. The Labute approximate surface area is 219 Å². The first-order valence-electron chi connectivity index (χ1n) is 11.5. The Kier molecular flexibility index (Phi) is 5.70. The Balaban J connectivity index is 1.67. The van der Waals surface area contributed by atoms with Crippen LogP contribution in [0.5, 0.6) is 0 Å². The predicted octanol–water partition coefficient (Wildman–Crippen LogP) is 9.18. The first-order chi connectivity index (χ1) is 15.7. The summed E-state index contributed by atoms with van der Waals surface area (Å²) in [5, 5.41) is 0. The lowest BCUT2D eigenvalue weighted by atomic mass is 9.95. The maximum absolute atomic E-state index is 13.8. The van der Waals surface area contributed by atoms with Crippen LogP contribution in [0.15, 0.2) is 29.2 Å². The SMILES string of the molecule is CC(C)CN1c2cc(-c3cc4sc(C(C)(C)C)cc4s3)sc2-c2sc(C(C)(C)C)cc2S1(=O)=O. The van der Waals surface area contributed by atoms with Crippen molar-refractivity contribution in [1.29, 1.82) is 0 Å². The third kappa shape index (κ3) is 3.99. The summed E-state index contributed by atoms with van der Waals surface area (Å²) in [7, 11) is -3.58. The second kappa shape index (κ2) is 7.90. The van der Waals surface area contributed by atoms with Crippen molar-refractivity contribution in [2.45, 2.75) is 71.1 Å². The number of anilines is 1. The van der Waals surface area contributed by atoms with E-state index in [-0.39, 0.29) is 16.7 Å². The molecule has 0 spiro atoms. The van der Waals surface area contributed by atoms with Crippen LogP contribution in [-0.4, -0.2) is 15.0 Å². The molecule has 3 nitrogen and oxygen atoms in total. The molecular formula is C26H31NO2S5. The second-order valence-corrected chi connectivity index (χ2v) is 17.6. The monoisotopic (exact) mass is 549 g/mol. The average molecular weight is 550 g/mol. The van der Waals surface area contributed by atoms with Crippen LogP contribution in [-0.2, 0) is 20.9 Å². The van der Waals surface area contributed by atoms with Crippen LogP contribution < -0.4 is 4.31 Å². The maximum Gasteiger partial charge on any atom is 0.265 e.